The van der Waals surface area contributed by atoms with Gasteiger partial charge in [0.05, 0.1) is 5.39 Å². The number of aromatic nitrogens is 2. The van der Waals surface area contributed by atoms with Crippen molar-refractivity contribution in [2.45, 2.75) is 19.9 Å². The molecule has 0 saturated carbocycles. The van der Waals surface area contributed by atoms with Crippen LogP contribution >= 0.6 is 11.3 Å². The third kappa shape index (κ3) is 2.33. The molecule has 0 amide bonds. The quantitative estimate of drug-likeness (QED) is 0.940. The fourth-order valence-electron chi connectivity index (χ4n) is 2.85. The molecular formula is C14H21N5S. The Morgan fingerprint density at radius 2 is 2.25 bits per heavy atom. The van der Waals surface area contributed by atoms with Crippen LogP contribution in [0.15, 0.2) is 11.4 Å². The predicted molar refractivity (Wildman–Crippen MR) is 85.9 cm³/mol. The summed E-state index contributed by atoms with van der Waals surface area (Å²) >= 11 is 1.67. The molecule has 0 spiro atoms. The Labute approximate surface area is 123 Å². The van der Waals surface area contributed by atoms with Crippen LogP contribution in [0.4, 0.5) is 11.8 Å². The lowest BCUT2D eigenvalue weighted by Gasteiger charge is -2.40. The number of piperazine rings is 1. The second-order valence-electron chi connectivity index (χ2n) is 5.18. The molecule has 1 saturated heterocycles. The van der Waals surface area contributed by atoms with Gasteiger partial charge in [0.1, 0.15) is 10.6 Å². The standard InChI is InChI=1S/C14H21N5S/c1-4-18-6-7-19(9-10(18)2)12-11-5-8-20-13(11)17-14(15-3)16-12/h5,8,10H,4,6-7,9H2,1-3H3,(H,15,16,17). The molecule has 3 heterocycles. The van der Waals surface area contributed by atoms with E-state index in [4.69, 9.17) is 4.98 Å². The maximum atomic E-state index is 4.69. The molecule has 20 heavy (non-hydrogen) atoms. The topological polar surface area (TPSA) is 44.3 Å². The highest BCUT2D eigenvalue weighted by molar-refractivity contribution is 7.16. The highest BCUT2D eigenvalue weighted by Crippen LogP contribution is 2.30. The van der Waals surface area contributed by atoms with Gasteiger partial charge in [0.25, 0.3) is 0 Å². The summed E-state index contributed by atoms with van der Waals surface area (Å²) in [4.78, 5) is 15.2. The second-order valence-corrected chi connectivity index (χ2v) is 6.08. The number of nitrogens with zero attached hydrogens (tertiary/aromatic N) is 4. The van der Waals surface area contributed by atoms with Gasteiger partial charge in [-0.1, -0.05) is 6.92 Å². The van der Waals surface area contributed by atoms with Crippen LogP contribution in [0.2, 0.25) is 0 Å². The molecule has 1 unspecified atom stereocenters. The first-order valence-corrected chi connectivity index (χ1v) is 8.03. The van der Waals surface area contributed by atoms with Gasteiger partial charge in [-0.2, -0.15) is 4.98 Å². The summed E-state index contributed by atoms with van der Waals surface area (Å²) in [6, 6.07) is 2.70. The third-order valence-electron chi connectivity index (χ3n) is 4.00. The van der Waals surface area contributed by atoms with E-state index in [1.807, 2.05) is 7.05 Å². The molecule has 0 radical (unpaired) electrons. The van der Waals surface area contributed by atoms with Gasteiger partial charge in [0.15, 0.2) is 0 Å². The molecule has 0 aliphatic carbocycles. The van der Waals surface area contributed by atoms with Crippen LogP contribution in [0.5, 0.6) is 0 Å². The highest BCUT2D eigenvalue weighted by Gasteiger charge is 2.25. The van der Waals surface area contributed by atoms with Gasteiger partial charge >= 0.3 is 0 Å². The Morgan fingerprint density at radius 3 is 2.95 bits per heavy atom. The molecule has 0 aromatic carbocycles. The van der Waals surface area contributed by atoms with Gasteiger partial charge < -0.3 is 10.2 Å². The average molecular weight is 291 g/mol. The molecule has 2 aromatic rings. The van der Waals surface area contributed by atoms with Crippen LogP contribution in [-0.4, -0.2) is 54.1 Å². The van der Waals surface area contributed by atoms with E-state index in [0.29, 0.717) is 12.0 Å². The Kier molecular flexibility index (Phi) is 3.76. The third-order valence-corrected chi connectivity index (χ3v) is 4.81. The summed E-state index contributed by atoms with van der Waals surface area (Å²) in [5, 5.41) is 6.33. The van der Waals surface area contributed by atoms with Crippen LogP contribution in [0, 0.1) is 0 Å². The van der Waals surface area contributed by atoms with E-state index in [1.54, 1.807) is 11.3 Å². The van der Waals surface area contributed by atoms with E-state index in [0.717, 1.165) is 36.8 Å². The molecule has 1 atom stereocenters. The van der Waals surface area contributed by atoms with E-state index in [9.17, 15) is 0 Å². The Hall–Kier alpha value is -1.40. The van der Waals surface area contributed by atoms with Crippen molar-refractivity contribution in [2.24, 2.45) is 0 Å². The maximum absolute atomic E-state index is 4.69. The van der Waals surface area contributed by atoms with Gasteiger partial charge in [-0.05, 0) is 24.9 Å². The molecule has 108 valence electrons. The number of thiophene rings is 1. The number of likely N-dealkylation sites (N-methyl/N-ethyl adjacent to an activating group) is 1. The van der Waals surface area contributed by atoms with Crippen molar-refractivity contribution in [2.75, 3.05) is 43.4 Å². The lowest BCUT2D eigenvalue weighted by atomic mass is 10.2. The first-order chi connectivity index (χ1) is 9.72. The highest BCUT2D eigenvalue weighted by atomic mass is 32.1. The Morgan fingerprint density at radius 1 is 1.40 bits per heavy atom. The first kappa shape index (κ1) is 13.6. The van der Waals surface area contributed by atoms with Gasteiger partial charge in [0.2, 0.25) is 5.95 Å². The van der Waals surface area contributed by atoms with E-state index >= 15 is 0 Å². The Balaban J connectivity index is 1.95. The lowest BCUT2D eigenvalue weighted by molar-refractivity contribution is 0.199. The molecule has 2 aromatic heterocycles. The van der Waals surface area contributed by atoms with Gasteiger partial charge in [-0.3, -0.25) is 4.90 Å². The first-order valence-electron chi connectivity index (χ1n) is 7.15. The number of rotatable bonds is 3. The lowest BCUT2D eigenvalue weighted by Crippen LogP contribution is -2.52. The van der Waals surface area contributed by atoms with Crippen molar-refractivity contribution >= 4 is 33.3 Å². The summed E-state index contributed by atoms with van der Waals surface area (Å²) in [5.74, 6) is 1.78. The van der Waals surface area contributed by atoms with Crippen LogP contribution < -0.4 is 10.2 Å². The molecule has 5 nitrogen and oxygen atoms in total. The van der Waals surface area contributed by atoms with Crippen molar-refractivity contribution < 1.29 is 0 Å². The zero-order valence-corrected chi connectivity index (χ0v) is 13.1. The van der Waals surface area contributed by atoms with Crippen molar-refractivity contribution in [3.05, 3.63) is 11.4 Å². The van der Waals surface area contributed by atoms with E-state index in [-0.39, 0.29) is 0 Å². The van der Waals surface area contributed by atoms with E-state index in [2.05, 4.69) is 45.4 Å². The molecule has 0 bridgehead atoms. The molecule has 1 N–H and O–H groups in total. The SMILES string of the molecule is CCN1CCN(c2nc(NC)nc3sccc23)CC1C. The van der Waals surface area contributed by atoms with Crippen molar-refractivity contribution in [1.82, 2.24) is 14.9 Å². The predicted octanol–water partition coefficient (Wildman–Crippen LogP) is 2.26. The minimum Gasteiger partial charge on any atom is -0.357 e. The van der Waals surface area contributed by atoms with Crippen molar-refractivity contribution in [1.29, 1.82) is 0 Å². The largest absolute Gasteiger partial charge is 0.357 e. The molecule has 6 heteroatoms. The molecular weight excluding hydrogens is 270 g/mol. The minimum atomic E-state index is 0.565. The van der Waals surface area contributed by atoms with Crippen LogP contribution in [0.1, 0.15) is 13.8 Å². The summed E-state index contributed by atoms with van der Waals surface area (Å²) < 4.78 is 0. The fourth-order valence-corrected chi connectivity index (χ4v) is 3.61. The number of hydrogen-bond donors (Lipinski definition) is 1. The maximum Gasteiger partial charge on any atom is 0.225 e. The van der Waals surface area contributed by atoms with Gasteiger partial charge in [-0.25, -0.2) is 4.98 Å². The molecule has 3 rings (SSSR count). The van der Waals surface area contributed by atoms with Crippen LogP contribution in [0.3, 0.4) is 0 Å². The van der Waals surface area contributed by atoms with Gasteiger partial charge in [0, 0.05) is 32.7 Å². The summed E-state index contributed by atoms with van der Waals surface area (Å²) in [6.45, 7) is 8.80. The number of nitrogens with one attached hydrogen (secondary N) is 1. The second kappa shape index (κ2) is 5.54. The van der Waals surface area contributed by atoms with E-state index < -0.39 is 0 Å². The molecule has 1 fully saturated rings. The number of hydrogen-bond acceptors (Lipinski definition) is 6. The smallest absolute Gasteiger partial charge is 0.225 e. The summed E-state index contributed by atoms with van der Waals surface area (Å²) in [7, 11) is 1.87. The minimum absolute atomic E-state index is 0.565. The number of anilines is 2. The number of fused-ring (bicyclic) bond motifs is 1. The zero-order chi connectivity index (χ0) is 14.1. The normalized spacial score (nSPS) is 20.6. The van der Waals surface area contributed by atoms with E-state index in [1.165, 1.54) is 5.39 Å². The fraction of sp³-hybridized carbons (Fsp3) is 0.571. The van der Waals surface area contributed by atoms with Gasteiger partial charge in [-0.15, -0.1) is 11.3 Å². The Bertz CT molecular complexity index is 596. The summed E-state index contributed by atoms with van der Waals surface area (Å²) in [5.41, 5.74) is 0. The molecule has 1 aliphatic heterocycles. The van der Waals surface area contributed by atoms with Crippen molar-refractivity contribution in [3.63, 3.8) is 0 Å². The zero-order valence-electron chi connectivity index (χ0n) is 12.3. The molecule has 1 aliphatic rings. The average Bonchev–Trinajstić information content (AvgIpc) is 2.94. The monoisotopic (exact) mass is 291 g/mol. The van der Waals surface area contributed by atoms with Crippen LogP contribution in [-0.2, 0) is 0 Å². The van der Waals surface area contributed by atoms with Crippen molar-refractivity contribution in [3.8, 4) is 0 Å². The summed E-state index contributed by atoms with van der Waals surface area (Å²) in [6.07, 6.45) is 0. The van der Waals surface area contributed by atoms with Crippen LogP contribution in [0.25, 0.3) is 10.2 Å².